The van der Waals surface area contributed by atoms with E-state index < -0.39 is 30.0 Å². The summed E-state index contributed by atoms with van der Waals surface area (Å²) >= 11 is 0. The summed E-state index contributed by atoms with van der Waals surface area (Å²) < 4.78 is 21.7. The van der Waals surface area contributed by atoms with Gasteiger partial charge in [0.25, 0.3) is 0 Å². The fourth-order valence-corrected chi connectivity index (χ4v) is 4.38. The van der Waals surface area contributed by atoms with Crippen LogP contribution < -0.4 is 0 Å². The molecule has 0 radical (unpaired) electrons. The maximum atomic E-state index is 12.8. The number of hydrogen-bond donors (Lipinski definition) is 0. The first-order chi connectivity index (χ1) is 19.8. The molecule has 0 spiro atoms. The van der Waals surface area contributed by atoms with Crippen molar-refractivity contribution in [1.29, 1.82) is 0 Å². The summed E-state index contributed by atoms with van der Waals surface area (Å²) in [7, 11) is 0. The minimum Gasteiger partial charge on any atom is -0.352 e. The molecule has 8 heteroatoms. The maximum Gasteiger partial charge on any atom is 0.619 e. The molecule has 41 heavy (non-hydrogen) atoms. The lowest BCUT2D eigenvalue weighted by molar-refractivity contribution is -0.432. The standard InChI is InChI=1S/C33H60O8/c1-5-9-13-17-21-25-29(34)38-33(39-30(35)26-22-18-14-10-6-2,40-31(36)27-23-19-15-11-7-3)41-32(37)28-24-20-16-12-8-4/h5-28H2,1-4H3. The Morgan fingerprint density at radius 3 is 0.732 bits per heavy atom. The Balaban J connectivity index is 5.59. The lowest BCUT2D eigenvalue weighted by Gasteiger charge is -2.29. The van der Waals surface area contributed by atoms with Gasteiger partial charge in [-0.15, -0.1) is 0 Å². The van der Waals surface area contributed by atoms with E-state index in [1.165, 1.54) is 0 Å². The minimum atomic E-state index is -2.83. The Labute approximate surface area is 250 Å². The zero-order valence-electron chi connectivity index (χ0n) is 26.7. The van der Waals surface area contributed by atoms with Crippen LogP contribution in [-0.2, 0) is 38.1 Å². The van der Waals surface area contributed by atoms with Gasteiger partial charge in [-0.25, -0.2) is 0 Å². The highest BCUT2D eigenvalue weighted by Gasteiger charge is 2.49. The van der Waals surface area contributed by atoms with Gasteiger partial charge in [-0.1, -0.05) is 130 Å². The molecule has 0 N–H and O–H groups in total. The van der Waals surface area contributed by atoms with Crippen molar-refractivity contribution in [3.63, 3.8) is 0 Å². The van der Waals surface area contributed by atoms with Gasteiger partial charge in [0.2, 0.25) is 0 Å². The molecular formula is C33H60O8. The molecule has 0 rings (SSSR count). The number of unbranched alkanes of at least 4 members (excludes halogenated alkanes) is 16. The van der Waals surface area contributed by atoms with Crippen molar-refractivity contribution >= 4 is 23.9 Å². The number of carbonyl (C=O) groups excluding carboxylic acids is 4. The van der Waals surface area contributed by atoms with Crippen molar-refractivity contribution in [2.75, 3.05) is 0 Å². The molecule has 0 saturated carbocycles. The molecule has 0 saturated heterocycles. The average Bonchev–Trinajstić information content (AvgIpc) is 2.92. The van der Waals surface area contributed by atoms with Crippen molar-refractivity contribution in [3.05, 3.63) is 0 Å². The van der Waals surface area contributed by atoms with Crippen LogP contribution in [0.5, 0.6) is 0 Å². The van der Waals surface area contributed by atoms with Gasteiger partial charge in [-0.3, -0.25) is 19.2 Å². The van der Waals surface area contributed by atoms with Crippen molar-refractivity contribution in [2.24, 2.45) is 0 Å². The van der Waals surface area contributed by atoms with Crippen LogP contribution in [0, 0.1) is 0 Å². The molecule has 0 aromatic rings. The van der Waals surface area contributed by atoms with Crippen molar-refractivity contribution in [2.45, 2.75) is 188 Å². The highest BCUT2D eigenvalue weighted by molar-refractivity contribution is 5.75. The number of rotatable bonds is 28. The molecule has 0 aliphatic rings. The predicted molar refractivity (Wildman–Crippen MR) is 161 cm³/mol. The summed E-state index contributed by atoms with van der Waals surface area (Å²) in [4.78, 5) is 51.3. The number of ether oxygens (including phenoxy) is 4. The number of carbonyl (C=O) groups is 4. The second-order valence-corrected chi connectivity index (χ2v) is 11.1. The summed E-state index contributed by atoms with van der Waals surface area (Å²) in [5.41, 5.74) is 0. The van der Waals surface area contributed by atoms with Gasteiger partial charge >= 0.3 is 30.0 Å². The van der Waals surface area contributed by atoms with Gasteiger partial charge < -0.3 is 18.9 Å². The van der Waals surface area contributed by atoms with Crippen molar-refractivity contribution < 1.29 is 38.1 Å². The van der Waals surface area contributed by atoms with Gasteiger partial charge in [0, 0.05) is 25.7 Å². The van der Waals surface area contributed by atoms with Gasteiger partial charge in [0.05, 0.1) is 0 Å². The zero-order chi connectivity index (χ0) is 30.6. The van der Waals surface area contributed by atoms with Crippen LogP contribution in [0.1, 0.15) is 182 Å². The van der Waals surface area contributed by atoms with E-state index in [-0.39, 0.29) is 25.7 Å². The summed E-state index contributed by atoms with van der Waals surface area (Å²) in [5.74, 6) is -2.99. The number of hydrogen-bond acceptors (Lipinski definition) is 8. The normalized spacial score (nSPS) is 11.2. The third kappa shape index (κ3) is 23.2. The fraction of sp³-hybridized carbons (Fsp3) is 0.879. The number of esters is 4. The Morgan fingerprint density at radius 1 is 0.341 bits per heavy atom. The van der Waals surface area contributed by atoms with Gasteiger partial charge in [-0.2, -0.15) is 0 Å². The minimum absolute atomic E-state index is 0.0309. The van der Waals surface area contributed by atoms with E-state index >= 15 is 0 Å². The summed E-state index contributed by atoms with van der Waals surface area (Å²) in [6.45, 7) is 8.43. The molecule has 0 aromatic carbocycles. The molecule has 240 valence electrons. The monoisotopic (exact) mass is 584 g/mol. The van der Waals surface area contributed by atoms with E-state index in [9.17, 15) is 19.2 Å². The largest absolute Gasteiger partial charge is 0.619 e. The molecule has 0 aliphatic heterocycles. The molecule has 0 fully saturated rings. The Kier molecular flexibility index (Phi) is 25.4. The van der Waals surface area contributed by atoms with Gasteiger partial charge in [0.15, 0.2) is 0 Å². The first kappa shape index (κ1) is 38.9. The predicted octanol–water partition coefficient (Wildman–Crippen LogP) is 9.21. The molecule has 0 unspecified atom stereocenters. The summed E-state index contributed by atoms with van der Waals surface area (Å²) in [5, 5.41) is 0. The first-order valence-electron chi connectivity index (χ1n) is 16.7. The molecule has 0 amide bonds. The lowest BCUT2D eigenvalue weighted by atomic mass is 10.1. The first-order valence-corrected chi connectivity index (χ1v) is 16.7. The van der Waals surface area contributed by atoms with E-state index in [0.29, 0.717) is 25.7 Å². The Morgan fingerprint density at radius 2 is 0.537 bits per heavy atom. The van der Waals surface area contributed by atoms with E-state index in [2.05, 4.69) is 27.7 Å². The van der Waals surface area contributed by atoms with Crippen LogP contribution in [-0.4, -0.2) is 30.0 Å². The molecule has 8 nitrogen and oxygen atoms in total. The van der Waals surface area contributed by atoms with Crippen LogP contribution in [0.25, 0.3) is 0 Å². The Bertz CT molecular complexity index is 573. The second kappa shape index (κ2) is 26.8. The quantitative estimate of drug-likeness (QED) is 0.0509. The van der Waals surface area contributed by atoms with Crippen LogP contribution in [0.2, 0.25) is 0 Å². The van der Waals surface area contributed by atoms with E-state index in [1.54, 1.807) is 0 Å². The molecule has 0 aromatic heterocycles. The summed E-state index contributed by atoms with van der Waals surface area (Å²) in [6, 6.07) is 0. The second-order valence-electron chi connectivity index (χ2n) is 11.1. The third-order valence-corrected chi connectivity index (χ3v) is 6.89. The zero-order valence-corrected chi connectivity index (χ0v) is 26.7. The van der Waals surface area contributed by atoms with Crippen molar-refractivity contribution in [1.82, 2.24) is 0 Å². The van der Waals surface area contributed by atoms with Crippen LogP contribution >= 0.6 is 0 Å². The van der Waals surface area contributed by atoms with Gasteiger partial charge in [-0.05, 0) is 25.7 Å². The molecule has 0 atom stereocenters. The smallest absolute Gasteiger partial charge is 0.352 e. The van der Waals surface area contributed by atoms with Crippen LogP contribution in [0.4, 0.5) is 0 Å². The molecular weight excluding hydrogens is 524 g/mol. The van der Waals surface area contributed by atoms with Crippen LogP contribution in [0.3, 0.4) is 0 Å². The molecule has 0 heterocycles. The summed E-state index contributed by atoms with van der Waals surface area (Å²) in [6.07, 6.45) is 15.4. The lowest BCUT2D eigenvalue weighted by Crippen LogP contribution is -2.48. The van der Waals surface area contributed by atoms with E-state index in [1.807, 2.05) is 0 Å². The van der Waals surface area contributed by atoms with E-state index in [0.717, 1.165) is 103 Å². The average molecular weight is 585 g/mol. The van der Waals surface area contributed by atoms with Gasteiger partial charge in [0.1, 0.15) is 0 Å². The fourth-order valence-electron chi connectivity index (χ4n) is 4.38. The maximum absolute atomic E-state index is 12.8. The highest BCUT2D eigenvalue weighted by atomic mass is 17.0. The van der Waals surface area contributed by atoms with Crippen molar-refractivity contribution in [3.8, 4) is 0 Å². The Hall–Kier alpha value is -2.12. The SMILES string of the molecule is CCCCCCCC(=O)OC(OC(=O)CCCCCCC)(OC(=O)CCCCCCC)OC(=O)CCCCCCC. The topological polar surface area (TPSA) is 105 Å². The van der Waals surface area contributed by atoms with E-state index in [4.69, 9.17) is 18.9 Å². The third-order valence-electron chi connectivity index (χ3n) is 6.89. The molecule has 0 bridgehead atoms. The highest BCUT2D eigenvalue weighted by Crippen LogP contribution is 2.24. The van der Waals surface area contributed by atoms with Crippen LogP contribution in [0.15, 0.2) is 0 Å². The molecule has 0 aliphatic carbocycles.